The summed E-state index contributed by atoms with van der Waals surface area (Å²) < 4.78 is 6.02. The number of fused-ring (bicyclic) bond motifs is 3. The fraction of sp³-hybridized carbons (Fsp3) is 0.636. The minimum absolute atomic E-state index is 0.0948. The van der Waals surface area contributed by atoms with Crippen LogP contribution in [0.15, 0.2) is 30.3 Å². The maximum Gasteiger partial charge on any atom is 0.162 e. The van der Waals surface area contributed by atoms with Crippen LogP contribution in [0.25, 0.3) is 0 Å². The number of rotatable bonds is 3. The molecule has 5 rings (SSSR count). The smallest absolute Gasteiger partial charge is 0.162 e. The maximum atomic E-state index is 11.9. The Morgan fingerprint density at radius 1 is 1.15 bits per heavy atom. The first-order valence-corrected chi connectivity index (χ1v) is 12.2. The zero-order chi connectivity index (χ0) is 18.7. The van der Waals surface area contributed by atoms with Gasteiger partial charge in [-0.3, -0.25) is 4.90 Å². The molecule has 4 fully saturated rings. The van der Waals surface area contributed by atoms with Crippen LogP contribution in [-0.2, 0) is 10.3 Å². The highest BCUT2D eigenvalue weighted by Crippen LogP contribution is 2.40. The molecule has 0 spiro atoms. The van der Waals surface area contributed by atoms with Crippen LogP contribution in [0.2, 0.25) is 0 Å². The van der Waals surface area contributed by atoms with Crippen molar-refractivity contribution in [1.82, 2.24) is 4.90 Å². The summed E-state index contributed by atoms with van der Waals surface area (Å²) >= 11 is 3.85. The van der Waals surface area contributed by atoms with E-state index in [0.717, 1.165) is 61.7 Å². The quantitative estimate of drug-likeness (QED) is 0.784. The molecule has 4 heterocycles. The third-order valence-corrected chi connectivity index (χ3v) is 8.98. The molecule has 27 heavy (non-hydrogen) atoms. The minimum atomic E-state index is -1.13. The molecular weight excluding hydrogens is 374 g/mol. The number of hydrogen-bond donors (Lipinski definition) is 1. The molecule has 5 heteroatoms. The van der Waals surface area contributed by atoms with Gasteiger partial charge < -0.3 is 9.84 Å². The van der Waals surface area contributed by atoms with E-state index in [1.165, 1.54) is 0 Å². The molecule has 4 aliphatic rings. The molecular formula is C22H29NO2S2. The second-order valence-electron chi connectivity index (χ2n) is 7.79. The van der Waals surface area contributed by atoms with Crippen molar-refractivity contribution in [2.75, 3.05) is 44.0 Å². The highest BCUT2D eigenvalue weighted by Gasteiger charge is 2.47. The first-order chi connectivity index (χ1) is 13.2. The number of aliphatic hydroxyl groups is 1. The van der Waals surface area contributed by atoms with Gasteiger partial charge in [0.05, 0.1) is 5.25 Å². The summed E-state index contributed by atoms with van der Waals surface area (Å²) in [7, 11) is 1.79. The summed E-state index contributed by atoms with van der Waals surface area (Å²) in [6, 6.07) is 10.0. The lowest BCUT2D eigenvalue weighted by Gasteiger charge is -2.50. The van der Waals surface area contributed by atoms with Crippen LogP contribution < -0.4 is 0 Å². The van der Waals surface area contributed by atoms with E-state index in [-0.39, 0.29) is 5.25 Å². The van der Waals surface area contributed by atoms with Gasteiger partial charge in [-0.1, -0.05) is 42.2 Å². The van der Waals surface area contributed by atoms with E-state index in [1.807, 2.05) is 53.9 Å². The summed E-state index contributed by atoms with van der Waals surface area (Å²) in [5.74, 6) is 10.6. The summed E-state index contributed by atoms with van der Waals surface area (Å²) in [6.45, 7) is 3.16. The zero-order valence-electron chi connectivity index (χ0n) is 16.0. The molecule has 3 atom stereocenters. The average Bonchev–Trinajstić information content (AvgIpc) is 3.03. The average molecular weight is 404 g/mol. The largest absolute Gasteiger partial charge is 0.372 e. The molecule has 0 aliphatic carbocycles. The van der Waals surface area contributed by atoms with Crippen LogP contribution in [0.3, 0.4) is 0 Å². The Kier molecular flexibility index (Phi) is 6.11. The van der Waals surface area contributed by atoms with Crippen LogP contribution in [-0.4, -0.2) is 64.9 Å². The molecule has 1 aromatic carbocycles. The molecule has 3 nitrogen and oxygen atoms in total. The molecule has 0 aromatic heterocycles. The third-order valence-electron chi connectivity index (χ3n) is 6.29. The number of benzene rings is 1. The van der Waals surface area contributed by atoms with Crippen molar-refractivity contribution in [3.05, 3.63) is 35.9 Å². The van der Waals surface area contributed by atoms with E-state index in [2.05, 4.69) is 16.7 Å². The molecule has 4 saturated heterocycles. The van der Waals surface area contributed by atoms with Gasteiger partial charge in [-0.05, 0) is 43.7 Å². The van der Waals surface area contributed by atoms with Crippen LogP contribution in [0.1, 0.15) is 24.8 Å². The Hall–Kier alpha value is -0.640. The zero-order valence-corrected chi connectivity index (χ0v) is 17.7. The Bertz CT molecular complexity index is 687. The molecule has 1 N–H and O–H groups in total. The molecule has 146 valence electrons. The lowest BCUT2D eigenvalue weighted by molar-refractivity contribution is -0.0965. The highest BCUT2D eigenvalue weighted by molar-refractivity contribution is 8.03. The standard InChI is InChI=1S/C22H29NO2S2/c1-25-21(17-23-12-7-18(21)8-13-23)10-11-22(24,19-5-3-2-4-6-19)20-9-14-26-15-16-27-20/h2-6,18,20,24H,7-9,12-17H2,1H3/t20?,21-,22?/m1/s1. The van der Waals surface area contributed by atoms with Gasteiger partial charge in [0.15, 0.2) is 5.60 Å². The normalized spacial score (nSPS) is 35.6. The van der Waals surface area contributed by atoms with Gasteiger partial charge in [0.2, 0.25) is 0 Å². The monoisotopic (exact) mass is 403 g/mol. The third kappa shape index (κ3) is 3.93. The second kappa shape index (κ2) is 8.39. The Labute approximate surface area is 171 Å². The van der Waals surface area contributed by atoms with E-state index < -0.39 is 11.2 Å². The Morgan fingerprint density at radius 3 is 2.59 bits per heavy atom. The van der Waals surface area contributed by atoms with Crippen LogP contribution >= 0.6 is 23.5 Å². The van der Waals surface area contributed by atoms with Crippen molar-refractivity contribution in [2.45, 2.75) is 35.7 Å². The van der Waals surface area contributed by atoms with E-state index in [4.69, 9.17) is 4.74 Å². The highest BCUT2D eigenvalue weighted by atomic mass is 32.2. The van der Waals surface area contributed by atoms with E-state index in [0.29, 0.717) is 5.92 Å². The van der Waals surface area contributed by atoms with E-state index in [9.17, 15) is 5.11 Å². The van der Waals surface area contributed by atoms with Crippen molar-refractivity contribution in [3.8, 4) is 11.8 Å². The molecule has 2 bridgehead atoms. The first-order valence-electron chi connectivity index (χ1n) is 9.95. The number of piperidine rings is 3. The fourth-order valence-corrected chi connectivity index (χ4v) is 7.25. The molecule has 0 amide bonds. The van der Waals surface area contributed by atoms with Crippen molar-refractivity contribution >= 4 is 23.5 Å². The predicted octanol–water partition coefficient (Wildman–Crippen LogP) is 3.23. The summed E-state index contributed by atoms with van der Waals surface area (Å²) in [5.41, 5.74) is -0.660. The van der Waals surface area contributed by atoms with Gasteiger partial charge in [-0.2, -0.15) is 23.5 Å². The SMILES string of the molecule is CO[C@]1(C#CC(O)(c2ccccc2)C2CCSCCS2)CN2CCC1CC2. The van der Waals surface area contributed by atoms with E-state index in [1.54, 1.807) is 7.11 Å². The van der Waals surface area contributed by atoms with Crippen molar-refractivity contribution in [2.24, 2.45) is 5.92 Å². The molecule has 0 radical (unpaired) electrons. The van der Waals surface area contributed by atoms with Crippen molar-refractivity contribution in [1.29, 1.82) is 0 Å². The topological polar surface area (TPSA) is 32.7 Å². The summed E-state index contributed by atoms with van der Waals surface area (Å²) in [6.07, 6.45) is 3.26. The minimum Gasteiger partial charge on any atom is -0.372 e. The molecule has 4 aliphatic heterocycles. The van der Waals surface area contributed by atoms with Gasteiger partial charge >= 0.3 is 0 Å². The fourth-order valence-electron chi connectivity index (χ4n) is 4.63. The van der Waals surface area contributed by atoms with E-state index >= 15 is 0 Å². The molecule has 1 aromatic rings. The maximum absolute atomic E-state index is 11.9. The van der Waals surface area contributed by atoms with Gasteiger partial charge in [-0.25, -0.2) is 0 Å². The lowest BCUT2D eigenvalue weighted by atomic mass is 9.75. The van der Waals surface area contributed by atoms with Gasteiger partial charge in [0.25, 0.3) is 0 Å². The Balaban J connectivity index is 1.71. The number of hydrogen-bond acceptors (Lipinski definition) is 5. The molecule has 0 saturated carbocycles. The number of thioether (sulfide) groups is 2. The predicted molar refractivity (Wildman–Crippen MR) is 115 cm³/mol. The Morgan fingerprint density at radius 2 is 1.93 bits per heavy atom. The number of methoxy groups -OCH3 is 1. The summed E-state index contributed by atoms with van der Waals surface area (Å²) in [4.78, 5) is 2.46. The van der Waals surface area contributed by atoms with Crippen LogP contribution in [0.4, 0.5) is 0 Å². The lowest BCUT2D eigenvalue weighted by Crippen LogP contribution is -2.59. The van der Waals surface area contributed by atoms with Gasteiger partial charge in [0.1, 0.15) is 5.60 Å². The van der Waals surface area contributed by atoms with Gasteiger partial charge in [0, 0.05) is 31.1 Å². The van der Waals surface area contributed by atoms with Crippen LogP contribution in [0, 0.1) is 17.8 Å². The summed E-state index contributed by atoms with van der Waals surface area (Å²) in [5, 5.41) is 12.0. The number of ether oxygens (including phenoxy) is 1. The molecule has 2 unspecified atom stereocenters. The van der Waals surface area contributed by atoms with Crippen molar-refractivity contribution < 1.29 is 9.84 Å². The number of nitrogens with zero attached hydrogens (tertiary/aromatic N) is 1. The van der Waals surface area contributed by atoms with Crippen molar-refractivity contribution in [3.63, 3.8) is 0 Å². The first kappa shape index (κ1) is 19.7. The van der Waals surface area contributed by atoms with Gasteiger partial charge in [-0.15, -0.1) is 0 Å². The second-order valence-corrected chi connectivity index (χ2v) is 10.3. The van der Waals surface area contributed by atoms with Crippen LogP contribution in [0.5, 0.6) is 0 Å².